The zero-order chi connectivity index (χ0) is 10.1. The Kier molecular flexibility index (Phi) is 2.42. The Morgan fingerprint density at radius 2 is 2.36 bits per heavy atom. The van der Waals surface area contributed by atoms with Crippen molar-refractivity contribution >= 4 is 5.69 Å². The van der Waals surface area contributed by atoms with E-state index in [2.05, 4.69) is 11.8 Å². The molecular formula is C11H15FN2. The van der Waals surface area contributed by atoms with Gasteiger partial charge in [0.2, 0.25) is 0 Å². The third-order valence-electron chi connectivity index (χ3n) is 2.88. The van der Waals surface area contributed by atoms with E-state index in [9.17, 15) is 4.39 Å². The van der Waals surface area contributed by atoms with Crippen LogP contribution in [-0.2, 0) is 6.54 Å². The number of benzene rings is 1. The van der Waals surface area contributed by atoms with Crippen LogP contribution in [0.1, 0.15) is 18.9 Å². The zero-order valence-electron chi connectivity index (χ0n) is 8.33. The highest BCUT2D eigenvalue weighted by Gasteiger charge is 2.25. The van der Waals surface area contributed by atoms with Crippen molar-refractivity contribution in [2.75, 3.05) is 11.4 Å². The fraction of sp³-hybridized carbons (Fsp3) is 0.455. The molecule has 0 aliphatic carbocycles. The van der Waals surface area contributed by atoms with Crippen LogP contribution in [0.5, 0.6) is 0 Å². The molecule has 0 amide bonds. The van der Waals surface area contributed by atoms with Crippen LogP contribution in [0.3, 0.4) is 0 Å². The first kappa shape index (κ1) is 9.46. The van der Waals surface area contributed by atoms with E-state index in [1.54, 1.807) is 0 Å². The predicted molar refractivity (Wildman–Crippen MR) is 55.7 cm³/mol. The highest BCUT2D eigenvalue weighted by Crippen LogP contribution is 2.28. The normalized spacial score (nSPS) is 20.8. The van der Waals surface area contributed by atoms with Crippen LogP contribution in [0.25, 0.3) is 0 Å². The lowest BCUT2D eigenvalue weighted by atomic mass is 10.0. The molecule has 2 nitrogen and oxygen atoms in total. The topological polar surface area (TPSA) is 29.3 Å². The van der Waals surface area contributed by atoms with Gasteiger partial charge in [-0.3, -0.25) is 0 Å². The number of hydrogen-bond donors (Lipinski definition) is 1. The molecule has 1 aromatic rings. The van der Waals surface area contributed by atoms with Crippen molar-refractivity contribution in [3.63, 3.8) is 0 Å². The summed E-state index contributed by atoms with van der Waals surface area (Å²) in [5, 5.41) is 0. The van der Waals surface area contributed by atoms with Gasteiger partial charge in [0, 0.05) is 19.1 Å². The standard InChI is InChI=1S/C11H15FN2/c1-8-4-5-14(8)11-3-2-9(7-13)6-10(11)12/h2-3,6,8H,4-5,7,13H2,1H3. The number of nitrogens with two attached hydrogens (primary N) is 1. The van der Waals surface area contributed by atoms with E-state index >= 15 is 0 Å². The van der Waals surface area contributed by atoms with Crippen LogP contribution >= 0.6 is 0 Å². The van der Waals surface area contributed by atoms with Gasteiger partial charge in [-0.05, 0) is 31.0 Å². The number of anilines is 1. The average molecular weight is 194 g/mol. The largest absolute Gasteiger partial charge is 0.366 e. The van der Waals surface area contributed by atoms with Gasteiger partial charge in [0.1, 0.15) is 5.82 Å². The van der Waals surface area contributed by atoms with E-state index in [-0.39, 0.29) is 5.82 Å². The Bertz CT molecular complexity index is 338. The third kappa shape index (κ3) is 1.48. The predicted octanol–water partition coefficient (Wildman–Crippen LogP) is 1.88. The number of nitrogens with zero attached hydrogens (tertiary/aromatic N) is 1. The van der Waals surface area contributed by atoms with E-state index < -0.39 is 0 Å². The van der Waals surface area contributed by atoms with E-state index in [1.165, 1.54) is 6.07 Å². The van der Waals surface area contributed by atoms with Gasteiger partial charge >= 0.3 is 0 Å². The molecule has 0 aromatic heterocycles. The van der Waals surface area contributed by atoms with Crippen LogP contribution in [-0.4, -0.2) is 12.6 Å². The van der Waals surface area contributed by atoms with Gasteiger partial charge in [-0.25, -0.2) is 4.39 Å². The van der Waals surface area contributed by atoms with Crippen molar-refractivity contribution in [2.24, 2.45) is 5.73 Å². The number of rotatable bonds is 2. The molecule has 0 radical (unpaired) electrons. The molecule has 2 N–H and O–H groups in total. The van der Waals surface area contributed by atoms with Gasteiger partial charge in [-0.15, -0.1) is 0 Å². The molecule has 1 saturated heterocycles. The summed E-state index contributed by atoms with van der Waals surface area (Å²) in [5.74, 6) is -0.153. The number of hydrogen-bond acceptors (Lipinski definition) is 2. The Morgan fingerprint density at radius 1 is 1.57 bits per heavy atom. The molecule has 14 heavy (non-hydrogen) atoms. The Labute approximate surface area is 83.5 Å². The van der Waals surface area contributed by atoms with Crippen LogP contribution in [0.4, 0.5) is 10.1 Å². The fourth-order valence-electron chi connectivity index (χ4n) is 1.78. The average Bonchev–Trinajstić information content (AvgIpc) is 2.18. The van der Waals surface area contributed by atoms with E-state index in [4.69, 9.17) is 5.73 Å². The van der Waals surface area contributed by atoms with Gasteiger partial charge in [0.05, 0.1) is 5.69 Å². The molecule has 2 rings (SSSR count). The second-order valence-corrected chi connectivity index (χ2v) is 3.82. The van der Waals surface area contributed by atoms with E-state index in [0.29, 0.717) is 18.3 Å². The van der Waals surface area contributed by atoms with Crippen LogP contribution < -0.4 is 10.6 Å². The summed E-state index contributed by atoms with van der Waals surface area (Å²) in [4.78, 5) is 2.08. The second kappa shape index (κ2) is 3.58. The van der Waals surface area contributed by atoms with Gasteiger partial charge in [-0.1, -0.05) is 6.07 Å². The molecule has 3 heteroatoms. The van der Waals surface area contributed by atoms with Crippen LogP contribution in [0.2, 0.25) is 0 Å². The summed E-state index contributed by atoms with van der Waals surface area (Å²) in [6.45, 7) is 3.46. The maximum Gasteiger partial charge on any atom is 0.146 e. The highest BCUT2D eigenvalue weighted by molar-refractivity contribution is 5.52. The maximum atomic E-state index is 13.6. The first-order valence-corrected chi connectivity index (χ1v) is 4.97. The van der Waals surface area contributed by atoms with Crippen LogP contribution in [0, 0.1) is 5.82 Å². The molecule has 0 spiro atoms. The van der Waals surface area contributed by atoms with Crippen molar-refractivity contribution in [1.29, 1.82) is 0 Å². The molecule has 1 aliphatic rings. The molecule has 1 aromatic carbocycles. The van der Waals surface area contributed by atoms with Crippen molar-refractivity contribution in [2.45, 2.75) is 25.9 Å². The molecule has 0 bridgehead atoms. The summed E-state index contributed by atoms with van der Waals surface area (Å²) >= 11 is 0. The summed E-state index contributed by atoms with van der Waals surface area (Å²) in [6, 6.07) is 5.71. The van der Waals surface area contributed by atoms with E-state index in [1.807, 2.05) is 12.1 Å². The smallest absolute Gasteiger partial charge is 0.146 e. The second-order valence-electron chi connectivity index (χ2n) is 3.82. The minimum Gasteiger partial charge on any atom is -0.366 e. The lowest BCUT2D eigenvalue weighted by molar-refractivity contribution is 0.469. The lowest BCUT2D eigenvalue weighted by Gasteiger charge is -2.40. The quantitative estimate of drug-likeness (QED) is 0.779. The van der Waals surface area contributed by atoms with Crippen LogP contribution in [0.15, 0.2) is 18.2 Å². The van der Waals surface area contributed by atoms with Crippen molar-refractivity contribution in [3.8, 4) is 0 Å². The Balaban J connectivity index is 2.26. The lowest BCUT2D eigenvalue weighted by Crippen LogP contribution is -2.46. The van der Waals surface area contributed by atoms with Gasteiger partial charge in [-0.2, -0.15) is 0 Å². The first-order valence-electron chi connectivity index (χ1n) is 4.97. The Morgan fingerprint density at radius 3 is 2.79 bits per heavy atom. The molecule has 1 fully saturated rings. The zero-order valence-corrected chi connectivity index (χ0v) is 8.33. The molecule has 76 valence electrons. The van der Waals surface area contributed by atoms with E-state index in [0.717, 1.165) is 18.5 Å². The third-order valence-corrected chi connectivity index (χ3v) is 2.88. The van der Waals surface area contributed by atoms with Crippen molar-refractivity contribution < 1.29 is 4.39 Å². The molecule has 1 aliphatic heterocycles. The molecule has 1 atom stereocenters. The minimum absolute atomic E-state index is 0.153. The van der Waals surface area contributed by atoms with Gasteiger partial charge in [0.15, 0.2) is 0 Å². The van der Waals surface area contributed by atoms with Crippen molar-refractivity contribution in [3.05, 3.63) is 29.6 Å². The number of halogens is 1. The minimum atomic E-state index is -0.153. The summed E-state index contributed by atoms with van der Waals surface area (Å²) in [5.41, 5.74) is 6.99. The summed E-state index contributed by atoms with van der Waals surface area (Å²) in [7, 11) is 0. The summed E-state index contributed by atoms with van der Waals surface area (Å²) in [6.07, 6.45) is 1.15. The monoisotopic (exact) mass is 194 g/mol. The summed E-state index contributed by atoms with van der Waals surface area (Å²) < 4.78 is 13.6. The maximum absolute atomic E-state index is 13.6. The fourth-order valence-corrected chi connectivity index (χ4v) is 1.78. The SMILES string of the molecule is CC1CCN1c1ccc(CN)cc1F. The highest BCUT2D eigenvalue weighted by atomic mass is 19.1. The molecule has 1 heterocycles. The molecule has 1 unspecified atom stereocenters. The molecule has 0 saturated carbocycles. The Hall–Kier alpha value is -1.09. The van der Waals surface area contributed by atoms with Gasteiger partial charge < -0.3 is 10.6 Å². The van der Waals surface area contributed by atoms with Gasteiger partial charge in [0.25, 0.3) is 0 Å². The first-order chi connectivity index (χ1) is 6.72. The van der Waals surface area contributed by atoms with Crippen molar-refractivity contribution in [1.82, 2.24) is 0 Å². The molecular weight excluding hydrogens is 179 g/mol.